The molecule has 0 radical (unpaired) electrons. The molecule has 3 N–H and O–H groups in total. The van der Waals surface area contributed by atoms with Gasteiger partial charge in [-0.05, 0) is 20.3 Å². The molecule has 2 saturated heterocycles. The van der Waals surface area contributed by atoms with E-state index in [0.717, 1.165) is 0 Å². The van der Waals surface area contributed by atoms with Gasteiger partial charge in [0.05, 0.1) is 23.4 Å². The molecular formula is C20H30O8. The Morgan fingerprint density at radius 2 is 1.93 bits per heavy atom. The summed E-state index contributed by atoms with van der Waals surface area (Å²) < 4.78 is 16.9. The quantitative estimate of drug-likeness (QED) is 0.453. The van der Waals surface area contributed by atoms with Crippen LogP contribution in [-0.4, -0.2) is 68.5 Å². The maximum Gasteiger partial charge on any atom is 0.309 e. The molecule has 4 aliphatic rings. The van der Waals surface area contributed by atoms with Crippen molar-refractivity contribution in [2.75, 3.05) is 0 Å². The van der Waals surface area contributed by atoms with Crippen molar-refractivity contribution in [2.24, 2.45) is 23.7 Å². The van der Waals surface area contributed by atoms with Gasteiger partial charge in [0.1, 0.15) is 35.6 Å². The van der Waals surface area contributed by atoms with Crippen molar-refractivity contribution in [3.05, 3.63) is 0 Å². The van der Waals surface area contributed by atoms with Gasteiger partial charge in [-0.1, -0.05) is 20.8 Å². The largest absolute Gasteiger partial charge is 0.462 e. The predicted octanol–water partition coefficient (Wildman–Crippen LogP) is 0.156. The summed E-state index contributed by atoms with van der Waals surface area (Å²) in [4.78, 5) is 24.9. The molecule has 0 aromatic carbocycles. The molecule has 0 aromatic rings. The Hall–Kier alpha value is -1.22. The average Bonchev–Trinajstić information content (AvgIpc) is 3.33. The first-order valence-electron chi connectivity index (χ1n) is 10.1. The summed E-state index contributed by atoms with van der Waals surface area (Å²) in [7, 11) is 0. The second kappa shape index (κ2) is 5.90. The zero-order chi connectivity index (χ0) is 20.8. The molecule has 4 rings (SSSR count). The average molecular weight is 398 g/mol. The summed E-state index contributed by atoms with van der Waals surface area (Å²) >= 11 is 0. The van der Waals surface area contributed by atoms with Crippen LogP contribution in [0.5, 0.6) is 0 Å². The second-order valence-electron chi connectivity index (χ2n) is 9.54. The molecule has 0 amide bonds. The van der Waals surface area contributed by atoms with E-state index < -0.39 is 70.9 Å². The highest BCUT2D eigenvalue weighted by Crippen LogP contribution is 2.64. The highest BCUT2D eigenvalue weighted by Gasteiger charge is 2.83. The monoisotopic (exact) mass is 398 g/mol. The summed E-state index contributed by atoms with van der Waals surface area (Å²) in [6, 6.07) is 0. The van der Waals surface area contributed by atoms with Crippen LogP contribution in [-0.2, 0) is 23.8 Å². The third-order valence-corrected chi connectivity index (χ3v) is 7.69. The van der Waals surface area contributed by atoms with Crippen LogP contribution >= 0.6 is 0 Å². The maximum atomic E-state index is 12.5. The van der Waals surface area contributed by atoms with Crippen LogP contribution < -0.4 is 0 Å². The SMILES string of the molecule is CCC(C)C(=O)O[C@H]1C[C@@](C)(O)[C@]2(O)[C@@H]3O[C@@H]3[C@@](C)(O)[C@@H]2[C@H]2OC(=O)[C@@H](C)[C@@H]21. The van der Waals surface area contributed by atoms with Gasteiger partial charge < -0.3 is 29.5 Å². The molecule has 8 nitrogen and oxygen atoms in total. The lowest BCUT2D eigenvalue weighted by Gasteiger charge is -2.46. The summed E-state index contributed by atoms with van der Waals surface area (Å²) in [5.74, 6) is -3.32. The van der Waals surface area contributed by atoms with Crippen molar-refractivity contribution in [3.8, 4) is 0 Å². The van der Waals surface area contributed by atoms with Crippen molar-refractivity contribution < 1.29 is 39.1 Å². The smallest absolute Gasteiger partial charge is 0.309 e. The number of fused-ring (bicyclic) bond motifs is 5. The van der Waals surface area contributed by atoms with E-state index in [0.29, 0.717) is 6.42 Å². The Bertz CT molecular complexity index is 702. The van der Waals surface area contributed by atoms with Crippen LogP contribution in [0, 0.1) is 23.7 Å². The van der Waals surface area contributed by atoms with Crippen LogP contribution in [0.25, 0.3) is 0 Å². The molecule has 158 valence electrons. The molecule has 2 aliphatic heterocycles. The lowest BCUT2D eigenvalue weighted by atomic mass is 9.70. The van der Waals surface area contributed by atoms with E-state index in [1.165, 1.54) is 13.8 Å². The summed E-state index contributed by atoms with van der Waals surface area (Å²) in [6.45, 7) is 8.33. The number of aliphatic hydroxyl groups is 3. The molecule has 11 atom stereocenters. The predicted molar refractivity (Wildman–Crippen MR) is 94.8 cm³/mol. The fraction of sp³-hybridized carbons (Fsp3) is 0.900. The number of hydrogen-bond acceptors (Lipinski definition) is 8. The van der Waals surface area contributed by atoms with Crippen molar-refractivity contribution >= 4 is 11.9 Å². The third kappa shape index (κ3) is 2.38. The van der Waals surface area contributed by atoms with E-state index in [1.54, 1.807) is 13.8 Å². The van der Waals surface area contributed by atoms with Gasteiger partial charge in [-0.15, -0.1) is 0 Å². The van der Waals surface area contributed by atoms with Crippen molar-refractivity contribution in [3.63, 3.8) is 0 Å². The minimum atomic E-state index is -1.83. The number of ether oxygens (including phenoxy) is 3. The molecule has 0 spiro atoms. The summed E-state index contributed by atoms with van der Waals surface area (Å²) in [5.41, 5.74) is -5.04. The van der Waals surface area contributed by atoms with Crippen LogP contribution in [0.2, 0.25) is 0 Å². The first-order chi connectivity index (χ1) is 12.9. The molecule has 2 heterocycles. The van der Waals surface area contributed by atoms with Crippen LogP contribution in [0.3, 0.4) is 0 Å². The molecule has 0 aromatic heterocycles. The fourth-order valence-electron chi connectivity index (χ4n) is 5.74. The lowest BCUT2D eigenvalue weighted by molar-refractivity contribution is -0.231. The highest BCUT2D eigenvalue weighted by atomic mass is 16.6. The van der Waals surface area contributed by atoms with Crippen LogP contribution in [0.4, 0.5) is 0 Å². The lowest BCUT2D eigenvalue weighted by Crippen LogP contribution is -2.64. The molecule has 2 saturated carbocycles. The minimum Gasteiger partial charge on any atom is -0.462 e. The third-order valence-electron chi connectivity index (χ3n) is 7.69. The van der Waals surface area contributed by atoms with Gasteiger partial charge in [-0.3, -0.25) is 9.59 Å². The Labute approximate surface area is 164 Å². The number of esters is 2. The molecule has 1 unspecified atom stereocenters. The topological polar surface area (TPSA) is 126 Å². The summed E-state index contributed by atoms with van der Waals surface area (Å²) in [6.07, 6.45) is -2.59. The summed E-state index contributed by atoms with van der Waals surface area (Å²) in [5, 5.41) is 34.1. The van der Waals surface area contributed by atoms with E-state index in [4.69, 9.17) is 14.2 Å². The molecule has 8 heteroatoms. The highest BCUT2D eigenvalue weighted by molar-refractivity contribution is 5.76. The van der Waals surface area contributed by atoms with Gasteiger partial charge in [0, 0.05) is 12.3 Å². The van der Waals surface area contributed by atoms with Crippen LogP contribution in [0.1, 0.15) is 47.5 Å². The van der Waals surface area contributed by atoms with Gasteiger partial charge in [-0.25, -0.2) is 0 Å². The van der Waals surface area contributed by atoms with E-state index >= 15 is 0 Å². The Balaban J connectivity index is 1.78. The molecular weight excluding hydrogens is 368 g/mol. The van der Waals surface area contributed by atoms with Gasteiger partial charge in [0.15, 0.2) is 0 Å². The zero-order valence-corrected chi connectivity index (χ0v) is 16.9. The Morgan fingerprint density at radius 1 is 1.29 bits per heavy atom. The zero-order valence-electron chi connectivity index (χ0n) is 16.9. The van der Waals surface area contributed by atoms with Gasteiger partial charge in [0.25, 0.3) is 0 Å². The van der Waals surface area contributed by atoms with Crippen molar-refractivity contribution in [2.45, 2.75) is 88.7 Å². The second-order valence-corrected chi connectivity index (χ2v) is 9.54. The molecule has 0 bridgehead atoms. The number of carbonyl (C=O) groups is 2. The van der Waals surface area contributed by atoms with Crippen molar-refractivity contribution in [1.29, 1.82) is 0 Å². The molecule has 28 heavy (non-hydrogen) atoms. The van der Waals surface area contributed by atoms with E-state index in [-0.39, 0.29) is 12.3 Å². The van der Waals surface area contributed by atoms with Gasteiger partial charge >= 0.3 is 11.9 Å². The number of hydrogen-bond donors (Lipinski definition) is 3. The molecule has 2 aliphatic carbocycles. The van der Waals surface area contributed by atoms with Crippen LogP contribution in [0.15, 0.2) is 0 Å². The van der Waals surface area contributed by atoms with Gasteiger partial charge in [0.2, 0.25) is 0 Å². The fourth-order valence-corrected chi connectivity index (χ4v) is 5.74. The van der Waals surface area contributed by atoms with E-state index in [2.05, 4.69) is 0 Å². The van der Waals surface area contributed by atoms with Gasteiger partial charge in [-0.2, -0.15) is 0 Å². The maximum absolute atomic E-state index is 12.5. The number of rotatable bonds is 3. The standard InChI is InChI=1S/C20H30O8/c1-6-8(2)16(21)26-10-7-18(4,23)20(25)13(19(5,24)14-15(20)28-14)12-11(10)9(3)17(22)27-12/h8-15,23-25H,6-7H2,1-5H3/t8?,9-,10-,11+,12-,13-,14-,15+,18+,19-,20+/m0/s1. The number of carbonyl (C=O) groups excluding carboxylic acids is 2. The van der Waals surface area contributed by atoms with Crippen molar-refractivity contribution in [1.82, 2.24) is 0 Å². The normalized spacial score (nSPS) is 55.4. The Morgan fingerprint density at radius 3 is 2.54 bits per heavy atom. The first kappa shape index (κ1) is 20.1. The number of epoxide rings is 1. The Kier molecular flexibility index (Phi) is 4.23. The molecule has 4 fully saturated rings. The van der Waals surface area contributed by atoms with E-state index in [1.807, 2.05) is 6.92 Å². The van der Waals surface area contributed by atoms with E-state index in [9.17, 15) is 24.9 Å². The first-order valence-corrected chi connectivity index (χ1v) is 10.1. The minimum absolute atomic E-state index is 0.0764.